The van der Waals surface area contributed by atoms with E-state index < -0.39 is 11.7 Å². The molecule has 0 radical (unpaired) electrons. The van der Waals surface area contributed by atoms with Crippen LogP contribution in [-0.4, -0.2) is 30.5 Å². The van der Waals surface area contributed by atoms with Gasteiger partial charge in [-0.15, -0.1) is 0 Å². The average Bonchev–Trinajstić information content (AvgIpc) is 2.37. The second-order valence-corrected chi connectivity index (χ2v) is 3.31. The van der Waals surface area contributed by atoms with Gasteiger partial charge in [-0.25, -0.2) is 4.39 Å². The van der Waals surface area contributed by atoms with Crippen LogP contribution >= 0.6 is 0 Å². The fourth-order valence-electron chi connectivity index (χ4n) is 1.17. The molecule has 0 atom stereocenters. The zero-order chi connectivity index (χ0) is 13.4. The third kappa shape index (κ3) is 4.11. The summed E-state index contributed by atoms with van der Waals surface area (Å²) < 4.78 is 17.7. The first-order valence-corrected chi connectivity index (χ1v) is 5.07. The number of carbonyl (C=O) groups is 1. The second-order valence-electron chi connectivity index (χ2n) is 3.31. The third-order valence-corrected chi connectivity index (χ3v) is 2.05. The number of nitrogens with zero attached hydrogens (tertiary/aromatic N) is 3. The molecule has 1 aromatic carbocycles. The predicted molar refractivity (Wildman–Crippen MR) is 59.7 cm³/mol. The molecule has 0 aromatic heterocycles. The maximum absolute atomic E-state index is 12.6. The van der Waals surface area contributed by atoms with Crippen LogP contribution in [0.3, 0.4) is 0 Å². The van der Waals surface area contributed by atoms with Crippen LogP contribution in [0.5, 0.6) is 5.75 Å². The minimum absolute atomic E-state index is 0.167. The number of amides is 1. The fraction of sp³-hybridized carbons (Fsp3) is 0.250. The van der Waals surface area contributed by atoms with Gasteiger partial charge in [-0.1, -0.05) is 0 Å². The summed E-state index contributed by atoms with van der Waals surface area (Å²) in [6.07, 6.45) is 0. The molecular weight excluding hydrogens is 237 g/mol. The molecule has 0 aliphatic rings. The Hall–Kier alpha value is -2.60. The molecule has 1 rings (SSSR count). The highest BCUT2D eigenvalue weighted by Crippen LogP contribution is 2.10. The van der Waals surface area contributed by atoms with E-state index in [0.29, 0.717) is 5.75 Å². The van der Waals surface area contributed by atoms with Crippen molar-refractivity contribution in [2.75, 3.05) is 19.7 Å². The molecule has 92 valence electrons. The largest absolute Gasteiger partial charge is 0.484 e. The van der Waals surface area contributed by atoms with Crippen LogP contribution in [0, 0.1) is 28.5 Å². The average molecular weight is 247 g/mol. The first kappa shape index (κ1) is 13.5. The summed E-state index contributed by atoms with van der Waals surface area (Å²) in [5, 5.41) is 17.0. The lowest BCUT2D eigenvalue weighted by molar-refractivity contribution is -0.132. The van der Waals surface area contributed by atoms with Gasteiger partial charge in [0.05, 0.1) is 12.1 Å². The lowest BCUT2D eigenvalue weighted by Gasteiger charge is -2.15. The van der Waals surface area contributed by atoms with Gasteiger partial charge in [0.1, 0.15) is 24.7 Å². The molecule has 1 amide bonds. The van der Waals surface area contributed by atoms with E-state index in [1.807, 2.05) is 0 Å². The summed E-state index contributed by atoms with van der Waals surface area (Å²) in [6.45, 7) is -0.632. The number of hydrogen-bond acceptors (Lipinski definition) is 4. The van der Waals surface area contributed by atoms with E-state index in [4.69, 9.17) is 15.3 Å². The van der Waals surface area contributed by atoms with Crippen molar-refractivity contribution >= 4 is 5.91 Å². The van der Waals surface area contributed by atoms with Crippen LogP contribution in [0.4, 0.5) is 4.39 Å². The third-order valence-electron chi connectivity index (χ3n) is 2.05. The van der Waals surface area contributed by atoms with Gasteiger partial charge >= 0.3 is 0 Å². The van der Waals surface area contributed by atoms with Crippen molar-refractivity contribution < 1.29 is 13.9 Å². The van der Waals surface area contributed by atoms with E-state index in [2.05, 4.69) is 0 Å². The van der Waals surface area contributed by atoms with Crippen molar-refractivity contribution in [2.24, 2.45) is 0 Å². The molecule has 0 aliphatic heterocycles. The molecule has 0 heterocycles. The Labute approximate surface area is 104 Å². The number of halogens is 1. The first-order valence-electron chi connectivity index (χ1n) is 5.07. The molecule has 5 nitrogen and oxygen atoms in total. The summed E-state index contributed by atoms with van der Waals surface area (Å²) in [5.74, 6) is -0.523. The van der Waals surface area contributed by atoms with Crippen LogP contribution in [0.15, 0.2) is 24.3 Å². The molecule has 0 spiro atoms. The number of benzene rings is 1. The molecular formula is C12H10FN3O2. The maximum atomic E-state index is 12.6. The highest BCUT2D eigenvalue weighted by atomic mass is 19.1. The summed E-state index contributed by atoms with van der Waals surface area (Å²) in [6, 6.07) is 8.78. The highest BCUT2D eigenvalue weighted by molar-refractivity contribution is 5.78. The van der Waals surface area contributed by atoms with Crippen molar-refractivity contribution in [3.8, 4) is 17.9 Å². The second kappa shape index (κ2) is 6.87. The Balaban J connectivity index is 2.52. The number of hydrogen-bond donors (Lipinski definition) is 0. The Morgan fingerprint density at radius 3 is 2.28 bits per heavy atom. The number of carbonyl (C=O) groups excluding carboxylic acids is 1. The Morgan fingerprint density at radius 1 is 1.22 bits per heavy atom. The summed E-state index contributed by atoms with van der Waals surface area (Å²) in [7, 11) is 0. The molecule has 0 fully saturated rings. The first-order chi connectivity index (χ1) is 8.67. The molecule has 0 unspecified atom stereocenters. The molecule has 6 heteroatoms. The number of ether oxygens (including phenoxy) is 1. The van der Waals surface area contributed by atoms with Gasteiger partial charge in [-0.2, -0.15) is 10.5 Å². The minimum Gasteiger partial charge on any atom is -0.484 e. The van der Waals surface area contributed by atoms with E-state index in [0.717, 1.165) is 4.90 Å². The molecule has 0 N–H and O–H groups in total. The lowest BCUT2D eigenvalue weighted by Crippen LogP contribution is -2.35. The van der Waals surface area contributed by atoms with Gasteiger partial charge in [0.15, 0.2) is 6.61 Å². The van der Waals surface area contributed by atoms with Crippen molar-refractivity contribution in [1.82, 2.24) is 4.90 Å². The SMILES string of the molecule is N#CCN(CC#N)C(=O)COc1ccc(F)cc1. The van der Waals surface area contributed by atoms with Crippen molar-refractivity contribution in [3.63, 3.8) is 0 Å². The zero-order valence-electron chi connectivity index (χ0n) is 9.47. The highest BCUT2D eigenvalue weighted by Gasteiger charge is 2.13. The number of rotatable bonds is 5. The van der Waals surface area contributed by atoms with E-state index >= 15 is 0 Å². The lowest BCUT2D eigenvalue weighted by atomic mass is 10.3. The van der Waals surface area contributed by atoms with Crippen molar-refractivity contribution in [2.45, 2.75) is 0 Å². The van der Waals surface area contributed by atoms with Gasteiger partial charge in [-0.05, 0) is 24.3 Å². The van der Waals surface area contributed by atoms with Crippen molar-refractivity contribution in [1.29, 1.82) is 10.5 Å². The summed E-state index contributed by atoms with van der Waals surface area (Å²) in [4.78, 5) is 12.7. The molecule has 0 saturated carbocycles. The van der Waals surface area contributed by atoms with Gasteiger partial charge < -0.3 is 9.64 Å². The summed E-state index contributed by atoms with van der Waals surface area (Å²) in [5.41, 5.74) is 0. The predicted octanol–water partition coefficient (Wildman–Crippen LogP) is 1.08. The normalized spacial score (nSPS) is 9.06. The smallest absolute Gasteiger partial charge is 0.262 e. The van der Waals surface area contributed by atoms with E-state index in [1.165, 1.54) is 24.3 Å². The number of nitriles is 2. The van der Waals surface area contributed by atoms with Gasteiger partial charge in [0.2, 0.25) is 0 Å². The Morgan fingerprint density at radius 2 is 1.78 bits per heavy atom. The van der Waals surface area contributed by atoms with Crippen LogP contribution in [-0.2, 0) is 4.79 Å². The molecule has 18 heavy (non-hydrogen) atoms. The van der Waals surface area contributed by atoms with Gasteiger partial charge in [0.25, 0.3) is 5.91 Å². The topological polar surface area (TPSA) is 77.1 Å². The van der Waals surface area contributed by atoms with Gasteiger partial charge in [-0.3, -0.25) is 4.79 Å². The van der Waals surface area contributed by atoms with Crippen LogP contribution in [0.1, 0.15) is 0 Å². The monoisotopic (exact) mass is 247 g/mol. The molecule has 1 aromatic rings. The zero-order valence-corrected chi connectivity index (χ0v) is 9.47. The molecule has 0 saturated heterocycles. The van der Waals surface area contributed by atoms with Crippen LogP contribution in [0.25, 0.3) is 0 Å². The maximum Gasteiger partial charge on any atom is 0.262 e. The minimum atomic E-state index is -0.470. The van der Waals surface area contributed by atoms with E-state index in [1.54, 1.807) is 12.1 Å². The quantitative estimate of drug-likeness (QED) is 0.729. The van der Waals surface area contributed by atoms with E-state index in [9.17, 15) is 9.18 Å². The van der Waals surface area contributed by atoms with Gasteiger partial charge in [0, 0.05) is 0 Å². The summed E-state index contributed by atoms with van der Waals surface area (Å²) >= 11 is 0. The van der Waals surface area contributed by atoms with Crippen LogP contribution in [0.2, 0.25) is 0 Å². The fourth-order valence-corrected chi connectivity index (χ4v) is 1.17. The van der Waals surface area contributed by atoms with Crippen LogP contribution < -0.4 is 4.74 Å². The molecule has 0 bridgehead atoms. The Bertz CT molecular complexity index is 472. The van der Waals surface area contributed by atoms with E-state index in [-0.39, 0.29) is 19.7 Å². The standard InChI is InChI=1S/C12H10FN3O2/c13-10-1-3-11(4-2-10)18-9-12(17)16(7-5-14)8-6-15/h1-4H,7-9H2. The molecule has 0 aliphatic carbocycles. The Kier molecular flexibility index (Phi) is 5.14. The van der Waals surface area contributed by atoms with Crippen molar-refractivity contribution in [3.05, 3.63) is 30.1 Å².